The minimum atomic E-state index is 0.0963. The first-order valence-electron chi connectivity index (χ1n) is 8.20. The topological polar surface area (TPSA) is 56.8 Å². The van der Waals surface area contributed by atoms with Gasteiger partial charge in [-0.2, -0.15) is 0 Å². The zero-order chi connectivity index (χ0) is 16.4. The first-order chi connectivity index (χ1) is 11.8. The minimum absolute atomic E-state index is 0.0963. The first kappa shape index (κ1) is 14.9. The van der Waals surface area contributed by atoms with Crippen LogP contribution in [0, 0.1) is 5.92 Å². The van der Waals surface area contributed by atoms with Crippen LogP contribution in [-0.2, 0) is 11.4 Å². The molecule has 0 bridgehead atoms. The third-order valence-electron chi connectivity index (χ3n) is 4.06. The first-order valence-corrected chi connectivity index (χ1v) is 8.20. The van der Waals surface area contributed by atoms with E-state index in [9.17, 15) is 4.79 Å². The number of fused-ring (bicyclic) bond motifs is 1. The highest BCUT2D eigenvalue weighted by atomic mass is 16.6. The van der Waals surface area contributed by atoms with E-state index in [4.69, 9.17) is 14.2 Å². The second-order valence-corrected chi connectivity index (χ2v) is 6.06. The molecule has 4 rings (SSSR count). The summed E-state index contributed by atoms with van der Waals surface area (Å²) in [5, 5.41) is 2.93. The number of hydrogen-bond donors (Lipinski definition) is 1. The van der Waals surface area contributed by atoms with Gasteiger partial charge in [-0.1, -0.05) is 12.1 Å². The number of ether oxygens (including phenoxy) is 3. The third-order valence-corrected chi connectivity index (χ3v) is 4.06. The number of rotatable bonds is 5. The lowest BCUT2D eigenvalue weighted by Crippen LogP contribution is -2.15. The van der Waals surface area contributed by atoms with Gasteiger partial charge >= 0.3 is 0 Å². The summed E-state index contributed by atoms with van der Waals surface area (Å²) in [5.74, 6) is 2.53. The van der Waals surface area contributed by atoms with E-state index in [1.54, 1.807) is 0 Å². The van der Waals surface area contributed by atoms with Crippen molar-refractivity contribution in [1.29, 1.82) is 0 Å². The van der Waals surface area contributed by atoms with Gasteiger partial charge in [0.2, 0.25) is 5.91 Å². The lowest BCUT2D eigenvalue weighted by Gasteiger charge is -2.19. The highest BCUT2D eigenvalue weighted by Crippen LogP contribution is 2.32. The number of benzene rings is 2. The van der Waals surface area contributed by atoms with E-state index in [-0.39, 0.29) is 11.8 Å². The predicted molar refractivity (Wildman–Crippen MR) is 89.6 cm³/mol. The molecule has 1 N–H and O–H groups in total. The van der Waals surface area contributed by atoms with Crippen LogP contribution < -0.4 is 19.5 Å². The number of nitrogens with one attached hydrogen (secondary N) is 1. The maximum Gasteiger partial charge on any atom is 0.227 e. The molecule has 124 valence electrons. The zero-order valence-corrected chi connectivity index (χ0v) is 13.3. The molecular weight excluding hydrogens is 306 g/mol. The molecule has 0 spiro atoms. The quantitative estimate of drug-likeness (QED) is 0.915. The monoisotopic (exact) mass is 325 g/mol. The molecule has 1 heterocycles. The van der Waals surface area contributed by atoms with E-state index in [1.165, 1.54) is 0 Å². The molecule has 1 aliphatic carbocycles. The SMILES string of the molecule is O=C(Nc1cccc(OCc2ccc3c(c2)OCCO3)c1)C1CC1. The summed E-state index contributed by atoms with van der Waals surface area (Å²) in [5.41, 5.74) is 1.78. The van der Waals surface area contributed by atoms with E-state index in [2.05, 4.69) is 5.32 Å². The number of carbonyl (C=O) groups excluding carboxylic acids is 1. The molecule has 24 heavy (non-hydrogen) atoms. The maximum absolute atomic E-state index is 11.8. The Balaban J connectivity index is 1.39. The fraction of sp³-hybridized carbons (Fsp3) is 0.316. The maximum atomic E-state index is 11.8. The number of hydrogen-bond acceptors (Lipinski definition) is 4. The van der Waals surface area contributed by atoms with Gasteiger partial charge in [0.05, 0.1) is 0 Å². The van der Waals surface area contributed by atoms with Gasteiger partial charge < -0.3 is 19.5 Å². The average Bonchev–Trinajstić information content (AvgIpc) is 3.45. The molecule has 1 saturated carbocycles. The molecule has 5 nitrogen and oxygen atoms in total. The Hall–Kier alpha value is -2.69. The number of anilines is 1. The summed E-state index contributed by atoms with van der Waals surface area (Å²) in [6, 6.07) is 13.3. The Kier molecular flexibility index (Phi) is 3.99. The van der Waals surface area contributed by atoms with Crippen molar-refractivity contribution < 1.29 is 19.0 Å². The van der Waals surface area contributed by atoms with Gasteiger partial charge in [-0.05, 0) is 42.7 Å². The molecule has 2 aromatic rings. The molecule has 1 aliphatic heterocycles. The van der Waals surface area contributed by atoms with Crippen LogP contribution in [0.4, 0.5) is 5.69 Å². The highest BCUT2D eigenvalue weighted by molar-refractivity contribution is 5.94. The van der Waals surface area contributed by atoms with E-state index in [0.717, 1.165) is 41.3 Å². The third kappa shape index (κ3) is 3.45. The lowest BCUT2D eigenvalue weighted by molar-refractivity contribution is -0.117. The molecule has 0 unspecified atom stereocenters. The number of carbonyl (C=O) groups is 1. The molecule has 1 fully saturated rings. The van der Waals surface area contributed by atoms with E-state index in [0.29, 0.717) is 19.8 Å². The van der Waals surface area contributed by atoms with Gasteiger partial charge in [0.25, 0.3) is 0 Å². The predicted octanol–water partition coefficient (Wildman–Crippen LogP) is 3.39. The molecule has 2 aromatic carbocycles. The van der Waals surface area contributed by atoms with Crippen molar-refractivity contribution in [2.75, 3.05) is 18.5 Å². The van der Waals surface area contributed by atoms with Crippen LogP contribution in [0.5, 0.6) is 17.2 Å². The van der Waals surface area contributed by atoms with Gasteiger partial charge in [-0.25, -0.2) is 0 Å². The molecule has 1 amide bonds. The van der Waals surface area contributed by atoms with Crippen LogP contribution in [0.3, 0.4) is 0 Å². The molecule has 0 radical (unpaired) electrons. The van der Waals surface area contributed by atoms with Crippen LogP contribution >= 0.6 is 0 Å². The highest BCUT2D eigenvalue weighted by Gasteiger charge is 2.29. The van der Waals surface area contributed by atoms with Crippen molar-refractivity contribution in [2.24, 2.45) is 5.92 Å². The largest absolute Gasteiger partial charge is 0.489 e. The van der Waals surface area contributed by atoms with E-state index < -0.39 is 0 Å². The fourth-order valence-electron chi connectivity index (χ4n) is 2.60. The van der Waals surface area contributed by atoms with Crippen LogP contribution in [0.15, 0.2) is 42.5 Å². The second kappa shape index (κ2) is 6.43. The van der Waals surface area contributed by atoms with Crippen LogP contribution in [-0.4, -0.2) is 19.1 Å². The normalized spacial score (nSPS) is 15.7. The smallest absolute Gasteiger partial charge is 0.227 e. The lowest BCUT2D eigenvalue weighted by atomic mass is 10.2. The van der Waals surface area contributed by atoms with Gasteiger partial charge in [-0.15, -0.1) is 0 Å². The van der Waals surface area contributed by atoms with Crippen LogP contribution in [0.25, 0.3) is 0 Å². The van der Waals surface area contributed by atoms with Crippen molar-refractivity contribution in [3.63, 3.8) is 0 Å². The standard InChI is InChI=1S/C19H19NO4/c21-19(14-5-6-14)20-15-2-1-3-16(11-15)24-12-13-4-7-17-18(10-13)23-9-8-22-17/h1-4,7,10-11,14H,5-6,8-9,12H2,(H,20,21). The average molecular weight is 325 g/mol. The van der Waals surface area contributed by atoms with E-state index >= 15 is 0 Å². The second-order valence-electron chi connectivity index (χ2n) is 6.06. The summed E-state index contributed by atoms with van der Waals surface area (Å²) < 4.78 is 16.9. The molecule has 0 saturated heterocycles. The van der Waals surface area contributed by atoms with Gasteiger partial charge in [0, 0.05) is 17.7 Å². The summed E-state index contributed by atoms with van der Waals surface area (Å²) >= 11 is 0. The Morgan fingerprint density at radius 3 is 2.75 bits per heavy atom. The minimum Gasteiger partial charge on any atom is -0.489 e. The molecule has 5 heteroatoms. The molecule has 2 aliphatic rings. The van der Waals surface area contributed by atoms with Crippen molar-refractivity contribution in [2.45, 2.75) is 19.4 Å². The van der Waals surface area contributed by atoms with Crippen LogP contribution in [0.1, 0.15) is 18.4 Å². The van der Waals surface area contributed by atoms with E-state index in [1.807, 2.05) is 42.5 Å². The van der Waals surface area contributed by atoms with Crippen molar-refractivity contribution in [3.8, 4) is 17.2 Å². The van der Waals surface area contributed by atoms with Gasteiger partial charge in [0.1, 0.15) is 25.6 Å². The van der Waals surface area contributed by atoms with Crippen molar-refractivity contribution in [1.82, 2.24) is 0 Å². The molecular formula is C19H19NO4. The summed E-state index contributed by atoms with van der Waals surface area (Å²) in [6.07, 6.45) is 1.98. The Bertz CT molecular complexity index is 755. The summed E-state index contributed by atoms with van der Waals surface area (Å²) in [6.45, 7) is 1.58. The molecule has 0 atom stereocenters. The summed E-state index contributed by atoms with van der Waals surface area (Å²) in [7, 11) is 0. The van der Waals surface area contributed by atoms with Crippen molar-refractivity contribution in [3.05, 3.63) is 48.0 Å². The van der Waals surface area contributed by atoms with Gasteiger partial charge in [0.15, 0.2) is 11.5 Å². The Morgan fingerprint density at radius 1 is 1.08 bits per heavy atom. The van der Waals surface area contributed by atoms with Crippen molar-refractivity contribution >= 4 is 11.6 Å². The molecule has 0 aromatic heterocycles. The van der Waals surface area contributed by atoms with Crippen LogP contribution in [0.2, 0.25) is 0 Å². The zero-order valence-electron chi connectivity index (χ0n) is 13.3. The Labute approximate surface area is 140 Å². The van der Waals surface area contributed by atoms with Gasteiger partial charge in [-0.3, -0.25) is 4.79 Å². The summed E-state index contributed by atoms with van der Waals surface area (Å²) in [4.78, 5) is 11.8. The Morgan fingerprint density at radius 2 is 1.92 bits per heavy atom. The number of amides is 1. The fourth-order valence-corrected chi connectivity index (χ4v) is 2.60.